The summed E-state index contributed by atoms with van der Waals surface area (Å²) in [5.74, 6) is 4.26. The summed E-state index contributed by atoms with van der Waals surface area (Å²) in [4.78, 5) is 12.5. The van der Waals surface area contributed by atoms with Crippen molar-refractivity contribution < 1.29 is 34.3 Å². The maximum atomic E-state index is 12.5. The average Bonchev–Trinajstić information content (AvgIpc) is 3.56. The second kappa shape index (κ2) is 22.5. The molecule has 0 aromatic carbocycles. The van der Waals surface area contributed by atoms with Gasteiger partial charge in [0.05, 0.1) is 12.5 Å². The number of fused-ring (bicyclic) bond motifs is 5. The number of carbonyl (C=O) groups is 1. The Bertz CT molecular complexity index is 1460. The molecule has 4 aliphatic carbocycles. The van der Waals surface area contributed by atoms with E-state index >= 15 is 0 Å². The quantitative estimate of drug-likeness (QED) is 0.0831. The first-order valence-corrected chi connectivity index (χ1v) is 23.3. The highest BCUT2D eigenvalue weighted by molar-refractivity contribution is 5.71. The third-order valence-electron chi connectivity index (χ3n) is 15.1. The molecule has 13 unspecified atom stereocenters. The van der Waals surface area contributed by atoms with Gasteiger partial charge >= 0.3 is 5.97 Å². The highest BCUT2D eigenvalue weighted by Gasteiger charge is 2.59. The van der Waals surface area contributed by atoms with E-state index in [9.17, 15) is 20.1 Å². The van der Waals surface area contributed by atoms with E-state index in [1.54, 1.807) is 6.08 Å². The molecule has 3 N–H and O–H groups in total. The topological polar surface area (TPSA) is 105 Å². The monoisotopic (exact) mass is 805 g/mol. The molecule has 13 atom stereocenters. The largest absolute Gasteiger partial charge is 0.463 e. The van der Waals surface area contributed by atoms with Crippen LogP contribution in [0.5, 0.6) is 0 Å². The van der Waals surface area contributed by atoms with Crippen LogP contribution in [0.2, 0.25) is 0 Å². The number of hydrogen-bond donors (Lipinski definition) is 3. The van der Waals surface area contributed by atoms with Crippen LogP contribution in [-0.2, 0) is 19.0 Å². The molecule has 0 radical (unpaired) electrons. The zero-order chi connectivity index (χ0) is 41.7. The van der Waals surface area contributed by atoms with Gasteiger partial charge in [0.15, 0.2) is 6.29 Å². The Kier molecular flexibility index (Phi) is 18.2. The van der Waals surface area contributed by atoms with Crippen molar-refractivity contribution >= 4 is 5.97 Å². The van der Waals surface area contributed by atoms with E-state index in [1.165, 1.54) is 50.5 Å². The number of rotatable bonds is 20. The molecule has 1 saturated heterocycles. The predicted molar refractivity (Wildman–Crippen MR) is 235 cm³/mol. The summed E-state index contributed by atoms with van der Waals surface area (Å²) < 4.78 is 17.9. The first kappa shape index (κ1) is 46.8. The van der Waals surface area contributed by atoms with E-state index in [1.807, 2.05) is 6.08 Å². The molecule has 0 spiro atoms. The lowest BCUT2D eigenvalue weighted by molar-refractivity contribution is -0.313. The summed E-state index contributed by atoms with van der Waals surface area (Å²) >= 11 is 0. The van der Waals surface area contributed by atoms with E-state index in [-0.39, 0.29) is 24.5 Å². The Hall–Kier alpha value is -2.29. The summed E-state index contributed by atoms with van der Waals surface area (Å²) in [5, 5.41) is 32.4. The first-order chi connectivity index (χ1) is 27.9. The predicted octanol–water partition coefficient (Wildman–Crippen LogP) is 10.9. The third-order valence-corrected chi connectivity index (χ3v) is 15.1. The van der Waals surface area contributed by atoms with Crippen molar-refractivity contribution in [3.8, 4) is 0 Å². The van der Waals surface area contributed by atoms with E-state index in [0.717, 1.165) is 87.4 Å². The number of carbonyl (C=O) groups excluding carboxylic acids is 1. The van der Waals surface area contributed by atoms with Gasteiger partial charge < -0.3 is 29.5 Å². The van der Waals surface area contributed by atoms with Crippen molar-refractivity contribution in [2.24, 2.45) is 46.3 Å². The van der Waals surface area contributed by atoms with Gasteiger partial charge in [-0.1, -0.05) is 133 Å². The van der Waals surface area contributed by atoms with Crippen LogP contribution < -0.4 is 0 Å². The van der Waals surface area contributed by atoms with Gasteiger partial charge in [-0.25, -0.2) is 0 Å². The fourth-order valence-corrected chi connectivity index (χ4v) is 11.8. The number of hydrogen-bond acceptors (Lipinski definition) is 7. The fourth-order valence-electron chi connectivity index (χ4n) is 11.8. The summed E-state index contributed by atoms with van der Waals surface area (Å²) in [7, 11) is 0. The van der Waals surface area contributed by atoms with Crippen LogP contribution >= 0.6 is 0 Å². The van der Waals surface area contributed by atoms with Crippen LogP contribution in [0.4, 0.5) is 0 Å². The van der Waals surface area contributed by atoms with Gasteiger partial charge in [0, 0.05) is 0 Å². The van der Waals surface area contributed by atoms with Gasteiger partial charge in [0.2, 0.25) is 0 Å². The van der Waals surface area contributed by atoms with Crippen LogP contribution in [0.15, 0.2) is 72.4 Å². The maximum absolute atomic E-state index is 12.5. The molecule has 58 heavy (non-hydrogen) atoms. The second-order valence-electron chi connectivity index (χ2n) is 19.4. The Morgan fingerprint density at radius 1 is 0.810 bits per heavy atom. The van der Waals surface area contributed by atoms with Crippen LogP contribution in [0.25, 0.3) is 0 Å². The minimum absolute atomic E-state index is 0.0946. The van der Waals surface area contributed by atoms with Crippen LogP contribution in [0, 0.1) is 46.3 Å². The summed E-state index contributed by atoms with van der Waals surface area (Å²) in [6.45, 7) is 14.3. The minimum atomic E-state index is -1.47. The van der Waals surface area contributed by atoms with Crippen LogP contribution in [-0.4, -0.2) is 64.7 Å². The molecular weight excluding hydrogens is 725 g/mol. The standard InChI is InChI=1S/C51H80O7/c1-7-8-9-10-11-12-13-14-15-16-17-18-19-20-21-25-45(52)56-35-44-46(53)47(54)48(55)49(58-44)57-39-30-32-50(5)38(34-39)26-27-40-42-29-28-41(37(4)24-22-23-36(2)3)51(42,6)33-31-43(40)50/h8-9,11-12,14-15,17-18,20-21,26,36-37,39-44,46-49,53-55H,7,10,13,16,19,22-25,27-35H2,1-6H3/b9-8-,12-11-,15-14-,18-17-,21-20-. The lowest BCUT2D eigenvalue weighted by atomic mass is 9.47. The lowest BCUT2D eigenvalue weighted by Gasteiger charge is -2.58. The summed E-state index contributed by atoms with van der Waals surface area (Å²) in [5.41, 5.74) is 2.10. The van der Waals surface area contributed by atoms with Crippen molar-refractivity contribution in [2.45, 2.75) is 188 Å². The SMILES string of the molecule is CC/C=C\C/C=C\C/C=C\C/C=C\C/C=C\CC(=O)OCC1OC(OC2CCC3(C)C(=CCC4C3CCC3(C)C(C(C)CCCC(C)C)CCC43)C2)C(O)C(O)C1O. The van der Waals surface area contributed by atoms with E-state index in [2.05, 4.69) is 96.2 Å². The number of aliphatic hydroxyl groups excluding tert-OH is 3. The highest BCUT2D eigenvalue weighted by Crippen LogP contribution is 2.67. The molecule has 7 nitrogen and oxygen atoms in total. The number of ether oxygens (including phenoxy) is 3. The number of allylic oxidation sites excluding steroid dienone is 10. The maximum Gasteiger partial charge on any atom is 0.309 e. The van der Waals surface area contributed by atoms with Gasteiger partial charge in [-0.3, -0.25) is 4.79 Å². The molecule has 5 aliphatic rings. The molecule has 326 valence electrons. The number of esters is 1. The van der Waals surface area contributed by atoms with Gasteiger partial charge in [-0.2, -0.15) is 0 Å². The Morgan fingerprint density at radius 3 is 2.12 bits per heavy atom. The van der Waals surface area contributed by atoms with Crippen molar-refractivity contribution in [3.05, 3.63) is 72.4 Å². The van der Waals surface area contributed by atoms with Crippen molar-refractivity contribution in [2.75, 3.05) is 6.61 Å². The zero-order valence-electron chi connectivity index (χ0n) is 37.0. The van der Waals surface area contributed by atoms with E-state index in [4.69, 9.17) is 14.2 Å². The highest BCUT2D eigenvalue weighted by atomic mass is 16.7. The Labute approximate surface area is 352 Å². The van der Waals surface area contributed by atoms with Crippen LogP contribution in [0.3, 0.4) is 0 Å². The average molecular weight is 805 g/mol. The molecule has 0 aromatic heterocycles. The third kappa shape index (κ3) is 12.0. The fraction of sp³-hybridized carbons (Fsp3) is 0.745. The van der Waals surface area contributed by atoms with E-state index < -0.39 is 36.7 Å². The van der Waals surface area contributed by atoms with E-state index in [0.29, 0.717) is 11.3 Å². The van der Waals surface area contributed by atoms with Gasteiger partial charge in [0.25, 0.3) is 0 Å². The molecule has 1 heterocycles. The summed E-state index contributed by atoms with van der Waals surface area (Å²) in [6.07, 6.45) is 34.9. The molecule has 1 aliphatic heterocycles. The minimum Gasteiger partial charge on any atom is -0.463 e. The van der Waals surface area contributed by atoms with Crippen molar-refractivity contribution in [1.29, 1.82) is 0 Å². The van der Waals surface area contributed by atoms with Crippen molar-refractivity contribution in [1.82, 2.24) is 0 Å². The normalized spacial score (nSPS) is 37.2. The zero-order valence-corrected chi connectivity index (χ0v) is 37.0. The molecule has 4 fully saturated rings. The molecule has 0 bridgehead atoms. The molecule has 0 aromatic rings. The van der Waals surface area contributed by atoms with Gasteiger partial charge in [0.1, 0.15) is 31.0 Å². The molecule has 0 amide bonds. The van der Waals surface area contributed by atoms with Gasteiger partial charge in [-0.05, 0) is 130 Å². The Balaban J connectivity index is 1.05. The lowest BCUT2D eigenvalue weighted by Crippen LogP contribution is -2.60. The smallest absolute Gasteiger partial charge is 0.309 e. The molecule has 5 rings (SSSR count). The number of aliphatic hydroxyl groups is 3. The Morgan fingerprint density at radius 2 is 1.47 bits per heavy atom. The van der Waals surface area contributed by atoms with Crippen LogP contribution in [0.1, 0.15) is 151 Å². The molecular formula is C51H80O7. The molecule has 7 heteroatoms. The molecule has 3 saturated carbocycles. The van der Waals surface area contributed by atoms with Gasteiger partial charge in [-0.15, -0.1) is 0 Å². The van der Waals surface area contributed by atoms with Crippen molar-refractivity contribution in [3.63, 3.8) is 0 Å². The first-order valence-electron chi connectivity index (χ1n) is 23.3. The summed E-state index contributed by atoms with van der Waals surface area (Å²) in [6, 6.07) is 0. The second-order valence-corrected chi connectivity index (χ2v) is 19.4.